The SMILES string of the molecule is CCC=C(C)c1sc(C(C)(C)C)cc1C. The number of rotatable bonds is 2. The Kier molecular flexibility index (Phi) is 3.77. The van der Waals surface area contributed by atoms with Crippen LogP contribution in [0.25, 0.3) is 5.57 Å². The van der Waals surface area contributed by atoms with E-state index < -0.39 is 0 Å². The summed E-state index contributed by atoms with van der Waals surface area (Å²) >= 11 is 1.95. The van der Waals surface area contributed by atoms with E-state index in [1.165, 1.54) is 20.9 Å². The molecule has 0 nitrogen and oxygen atoms in total. The molecule has 84 valence electrons. The predicted octanol–water partition coefficient (Wildman–Crippen LogP) is 5.17. The third kappa shape index (κ3) is 2.94. The molecule has 1 aromatic heterocycles. The van der Waals surface area contributed by atoms with E-state index in [9.17, 15) is 0 Å². The number of thiophene rings is 1. The van der Waals surface area contributed by atoms with Gasteiger partial charge < -0.3 is 0 Å². The van der Waals surface area contributed by atoms with Gasteiger partial charge in [-0.3, -0.25) is 0 Å². The first kappa shape index (κ1) is 12.5. The van der Waals surface area contributed by atoms with E-state index >= 15 is 0 Å². The van der Waals surface area contributed by atoms with Crippen molar-refractivity contribution in [3.8, 4) is 0 Å². The molecule has 0 N–H and O–H groups in total. The second-order valence-corrected chi connectivity index (χ2v) is 6.22. The van der Waals surface area contributed by atoms with E-state index in [0.29, 0.717) is 0 Å². The maximum absolute atomic E-state index is 2.34. The van der Waals surface area contributed by atoms with Gasteiger partial charge >= 0.3 is 0 Å². The first-order valence-electron chi connectivity index (χ1n) is 5.64. The van der Waals surface area contributed by atoms with E-state index in [-0.39, 0.29) is 5.41 Å². The molecular formula is C14H22S. The van der Waals surface area contributed by atoms with Gasteiger partial charge in [0, 0.05) is 9.75 Å². The zero-order chi connectivity index (χ0) is 11.6. The summed E-state index contributed by atoms with van der Waals surface area (Å²) in [5.74, 6) is 0. The van der Waals surface area contributed by atoms with Crippen LogP contribution < -0.4 is 0 Å². The van der Waals surface area contributed by atoms with Crippen LogP contribution in [0.5, 0.6) is 0 Å². The minimum Gasteiger partial charge on any atom is -0.140 e. The van der Waals surface area contributed by atoms with Gasteiger partial charge in [0.15, 0.2) is 0 Å². The Morgan fingerprint density at radius 1 is 1.40 bits per heavy atom. The average Bonchev–Trinajstić information content (AvgIpc) is 2.47. The fourth-order valence-corrected chi connectivity index (χ4v) is 2.87. The third-order valence-electron chi connectivity index (χ3n) is 2.53. The zero-order valence-corrected chi connectivity index (χ0v) is 11.6. The number of hydrogen-bond acceptors (Lipinski definition) is 1. The molecule has 0 aliphatic carbocycles. The van der Waals surface area contributed by atoms with E-state index in [1.54, 1.807) is 0 Å². The lowest BCUT2D eigenvalue weighted by Gasteiger charge is -2.15. The van der Waals surface area contributed by atoms with Crippen LogP contribution in [0, 0.1) is 6.92 Å². The largest absolute Gasteiger partial charge is 0.140 e. The van der Waals surface area contributed by atoms with Crippen molar-refractivity contribution < 1.29 is 0 Å². The summed E-state index contributed by atoms with van der Waals surface area (Å²) in [6.07, 6.45) is 3.43. The Bertz CT molecular complexity index is 361. The van der Waals surface area contributed by atoms with Crippen molar-refractivity contribution in [2.75, 3.05) is 0 Å². The normalized spacial score (nSPS) is 13.3. The van der Waals surface area contributed by atoms with Crippen LogP contribution in [0.2, 0.25) is 0 Å². The van der Waals surface area contributed by atoms with Crippen LogP contribution in [-0.4, -0.2) is 0 Å². The zero-order valence-electron chi connectivity index (χ0n) is 10.8. The molecule has 0 atom stereocenters. The lowest BCUT2D eigenvalue weighted by Crippen LogP contribution is -2.07. The van der Waals surface area contributed by atoms with E-state index in [1.807, 2.05) is 11.3 Å². The Morgan fingerprint density at radius 2 is 2.00 bits per heavy atom. The summed E-state index contributed by atoms with van der Waals surface area (Å²) in [5.41, 5.74) is 3.13. The number of hydrogen-bond donors (Lipinski definition) is 0. The van der Waals surface area contributed by atoms with Crippen molar-refractivity contribution in [2.45, 2.75) is 53.4 Å². The predicted molar refractivity (Wildman–Crippen MR) is 71.7 cm³/mol. The monoisotopic (exact) mass is 222 g/mol. The molecule has 0 aliphatic heterocycles. The maximum Gasteiger partial charge on any atom is 0.0328 e. The maximum atomic E-state index is 2.34. The van der Waals surface area contributed by atoms with Gasteiger partial charge in [0.05, 0.1) is 0 Å². The fraction of sp³-hybridized carbons (Fsp3) is 0.571. The molecule has 1 heteroatoms. The van der Waals surface area contributed by atoms with E-state index in [4.69, 9.17) is 0 Å². The summed E-state index contributed by atoms with van der Waals surface area (Å²) < 4.78 is 0. The third-order valence-corrected chi connectivity index (χ3v) is 4.32. The topological polar surface area (TPSA) is 0 Å². The Balaban J connectivity index is 3.13. The summed E-state index contributed by atoms with van der Waals surface area (Å²) in [6.45, 7) is 13.5. The van der Waals surface area contributed by atoms with Crippen molar-refractivity contribution in [3.63, 3.8) is 0 Å². The average molecular weight is 222 g/mol. The highest BCUT2D eigenvalue weighted by Gasteiger charge is 2.18. The molecule has 0 aromatic carbocycles. The molecule has 1 aromatic rings. The van der Waals surface area contributed by atoms with Gasteiger partial charge in [-0.05, 0) is 42.9 Å². The highest BCUT2D eigenvalue weighted by Crippen LogP contribution is 2.35. The van der Waals surface area contributed by atoms with Crippen LogP contribution in [0.1, 0.15) is 56.4 Å². The lowest BCUT2D eigenvalue weighted by molar-refractivity contribution is 0.603. The highest BCUT2D eigenvalue weighted by atomic mass is 32.1. The van der Waals surface area contributed by atoms with Gasteiger partial charge in [0.1, 0.15) is 0 Å². The van der Waals surface area contributed by atoms with Crippen molar-refractivity contribution in [1.29, 1.82) is 0 Å². The molecule has 0 amide bonds. The van der Waals surface area contributed by atoms with Crippen molar-refractivity contribution in [3.05, 3.63) is 27.5 Å². The molecule has 0 saturated heterocycles. The van der Waals surface area contributed by atoms with Gasteiger partial charge in [-0.25, -0.2) is 0 Å². The van der Waals surface area contributed by atoms with Crippen molar-refractivity contribution in [2.24, 2.45) is 0 Å². The summed E-state index contributed by atoms with van der Waals surface area (Å²) in [7, 11) is 0. The summed E-state index contributed by atoms with van der Waals surface area (Å²) in [4.78, 5) is 2.95. The van der Waals surface area contributed by atoms with Crippen LogP contribution in [0.15, 0.2) is 12.1 Å². The van der Waals surface area contributed by atoms with Crippen LogP contribution >= 0.6 is 11.3 Å². The highest BCUT2D eigenvalue weighted by molar-refractivity contribution is 7.13. The second-order valence-electron chi connectivity index (χ2n) is 5.17. The molecule has 0 spiro atoms. The molecular weight excluding hydrogens is 200 g/mol. The molecule has 15 heavy (non-hydrogen) atoms. The standard InChI is InChI=1S/C14H22S/c1-7-8-10(2)13-11(3)9-12(15-13)14(4,5)6/h8-9H,7H2,1-6H3. The molecule has 0 bridgehead atoms. The molecule has 1 heterocycles. The molecule has 1 rings (SSSR count). The molecule has 0 fully saturated rings. The van der Waals surface area contributed by atoms with Gasteiger partial charge in [-0.1, -0.05) is 33.8 Å². The van der Waals surface area contributed by atoms with E-state index in [2.05, 4.69) is 53.7 Å². The van der Waals surface area contributed by atoms with Gasteiger partial charge in [-0.15, -0.1) is 11.3 Å². The summed E-state index contributed by atoms with van der Waals surface area (Å²) in [6, 6.07) is 2.34. The minimum atomic E-state index is 0.278. The van der Waals surface area contributed by atoms with Gasteiger partial charge in [0.2, 0.25) is 0 Å². The van der Waals surface area contributed by atoms with Crippen LogP contribution in [0.4, 0.5) is 0 Å². The van der Waals surface area contributed by atoms with Gasteiger partial charge in [0.25, 0.3) is 0 Å². The Hall–Kier alpha value is -0.560. The van der Waals surface area contributed by atoms with Crippen LogP contribution in [0.3, 0.4) is 0 Å². The fourth-order valence-electron chi connectivity index (χ4n) is 1.64. The molecule has 0 unspecified atom stereocenters. The van der Waals surface area contributed by atoms with E-state index in [0.717, 1.165) is 6.42 Å². The van der Waals surface area contributed by atoms with Crippen molar-refractivity contribution >= 4 is 16.9 Å². The first-order valence-corrected chi connectivity index (χ1v) is 6.46. The first-order chi connectivity index (χ1) is 6.86. The number of aryl methyl sites for hydroxylation is 1. The van der Waals surface area contributed by atoms with Gasteiger partial charge in [-0.2, -0.15) is 0 Å². The summed E-state index contributed by atoms with van der Waals surface area (Å²) in [5, 5.41) is 0. The molecule has 0 saturated carbocycles. The smallest absolute Gasteiger partial charge is 0.0328 e. The molecule has 0 aliphatic rings. The second kappa shape index (κ2) is 4.52. The Morgan fingerprint density at radius 3 is 2.40 bits per heavy atom. The van der Waals surface area contributed by atoms with Crippen LogP contribution in [-0.2, 0) is 5.41 Å². The van der Waals surface area contributed by atoms with Crippen molar-refractivity contribution in [1.82, 2.24) is 0 Å². The molecule has 0 radical (unpaired) electrons. The minimum absolute atomic E-state index is 0.278. The quantitative estimate of drug-likeness (QED) is 0.648. The number of allylic oxidation sites excluding steroid dienone is 2. The lowest BCUT2D eigenvalue weighted by atomic mass is 9.94. The Labute approximate surface area is 98.0 Å².